The van der Waals surface area contributed by atoms with Gasteiger partial charge in [0.2, 0.25) is 10.0 Å². The second-order valence-electron chi connectivity index (χ2n) is 7.37. The fourth-order valence-corrected chi connectivity index (χ4v) is 5.20. The molecule has 0 spiro atoms. The van der Waals surface area contributed by atoms with E-state index in [4.69, 9.17) is 0 Å². The van der Waals surface area contributed by atoms with Crippen LogP contribution in [-0.2, 0) is 16.6 Å². The van der Waals surface area contributed by atoms with Gasteiger partial charge >= 0.3 is 0 Å². The summed E-state index contributed by atoms with van der Waals surface area (Å²) in [5.74, 6) is 0.183. The number of aryl methyl sites for hydroxylation is 1. The van der Waals surface area contributed by atoms with Crippen molar-refractivity contribution in [1.29, 1.82) is 0 Å². The lowest BCUT2D eigenvalue weighted by atomic mass is 10.2. The second kappa shape index (κ2) is 8.68. The Balaban J connectivity index is 1.45. The highest BCUT2D eigenvalue weighted by atomic mass is 32.2. The van der Waals surface area contributed by atoms with Crippen molar-refractivity contribution >= 4 is 15.7 Å². The van der Waals surface area contributed by atoms with Crippen molar-refractivity contribution in [2.75, 3.05) is 26.2 Å². The Hall–Kier alpha value is -3.29. The van der Waals surface area contributed by atoms with Crippen LogP contribution >= 0.6 is 0 Å². The lowest BCUT2D eigenvalue weighted by Crippen LogP contribution is -2.48. The number of non-ortho nitro benzene ring substituents is 1. The van der Waals surface area contributed by atoms with Gasteiger partial charge in [-0.15, -0.1) is 5.10 Å². The lowest BCUT2D eigenvalue weighted by molar-refractivity contribution is -0.385. The smallest absolute Gasteiger partial charge is 0.270 e. The van der Waals surface area contributed by atoms with Gasteiger partial charge < -0.3 is 0 Å². The molecule has 1 fully saturated rings. The monoisotopic (exact) mass is 461 g/mol. The summed E-state index contributed by atoms with van der Waals surface area (Å²) < 4.78 is 42.2. The third-order valence-corrected chi connectivity index (χ3v) is 7.34. The number of rotatable bonds is 6. The standard InChI is InChI=1S/C19H20FN7O4S/c1-14-2-5-17(27(28)29)12-18(14)32(30,31)25-10-8-24(9-11-25)13-19-21-22-23-26(19)16-6-3-15(20)4-7-16/h2-7,12H,8-11,13H2,1H3. The minimum atomic E-state index is -3.87. The molecule has 0 bridgehead atoms. The number of aromatic nitrogens is 4. The summed E-state index contributed by atoms with van der Waals surface area (Å²) in [6, 6.07) is 9.62. The number of hydrogen-bond donors (Lipinski definition) is 0. The fourth-order valence-electron chi connectivity index (χ4n) is 3.53. The first-order valence-corrected chi connectivity index (χ1v) is 11.2. The van der Waals surface area contributed by atoms with Crippen molar-refractivity contribution in [2.24, 2.45) is 0 Å². The lowest BCUT2D eigenvalue weighted by Gasteiger charge is -2.33. The molecule has 0 unspecified atom stereocenters. The molecule has 0 aliphatic carbocycles. The number of sulfonamides is 1. The van der Waals surface area contributed by atoms with Crippen LogP contribution in [0, 0.1) is 22.9 Å². The van der Waals surface area contributed by atoms with Crippen molar-refractivity contribution in [2.45, 2.75) is 18.4 Å². The van der Waals surface area contributed by atoms with Crippen LogP contribution in [0.3, 0.4) is 0 Å². The van der Waals surface area contributed by atoms with Crippen molar-refractivity contribution in [1.82, 2.24) is 29.4 Å². The Labute approximate surface area is 183 Å². The molecule has 1 aromatic heterocycles. The van der Waals surface area contributed by atoms with E-state index in [-0.39, 0.29) is 29.5 Å². The molecule has 0 radical (unpaired) electrons. The third kappa shape index (κ3) is 4.35. The van der Waals surface area contributed by atoms with E-state index in [0.29, 0.717) is 36.7 Å². The van der Waals surface area contributed by atoms with Crippen LogP contribution in [0.4, 0.5) is 10.1 Å². The molecule has 0 amide bonds. The molecular weight excluding hydrogens is 441 g/mol. The van der Waals surface area contributed by atoms with Crippen LogP contribution in [0.5, 0.6) is 0 Å². The summed E-state index contributed by atoms with van der Waals surface area (Å²) in [5, 5.41) is 22.7. The Morgan fingerprint density at radius 2 is 1.78 bits per heavy atom. The SMILES string of the molecule is Cc1ccc([N+](=O)[O-])cc1S(=O)(=O)N1CCN(Cc2nnnn2-c2ccc(F)cc2)CC1. The van der Waals surface area contributed by atoms with Gasteiger partial charge in [0.25, 0.3) is 5.69 Å². The first-order valence-electron chi connectivity index (χ1n) is 9.76. The zero-order valence-corrected chi connectivity index (χ0v) is 17.9. The Morgan fingerprint density at radius 3 is 2.44 bits per heavy atom. The van der Waals surface area contributed by atoms with Gasteiger partial charge in [-0.05, 0) is 47.2 Å². The minimum Gasteiger partial charge on any atom is -0.293 e. The maximum absolute atomic E-state index is 13.2. The predicted molar refractivity (Wildman–Crippen MR) is 111 cm³/mol. The van der Waals surface area contributed by atoms with Crippen LogP contribution in [0.15, 0.2) is 47.4 Å². The summed E-state index contributed by atoms with van der Waals surface area (Å²) in [5.41, 5.74) is 0.811. The summed E-state index contributed by atoms with van der Waals surface area (Å²) in [4.78, 5) is 12.4. The molecule has 2 heterocycles. The molecule has 32 heavy (non-hydrogen) atoms. The number of hydrogen-bond acceptors (Lipinski definition) is 8. The van der Waals surface area contributed by atoms with Crippen molar-refractivity contribution < 1.29 is 17.7 Å². The van der Waals surface area contributed by atoms with Crippen LogP contribution < -0.4 is 0 Å². The molecule has 3 aromatic rings. The van der Waals surface area contributed by atoms with Gasteiger partial charge in [0.05, 0.1) is 22.1 Å². The normalized spacial score (nSPS) is 15.7. The molecule has 0 saturated carbocycles. The molecule has 1 saturated heterocycles. The van der Waals surface area contributed by atoms with E-state index < -0.39 is 14.9 Å². The van der Waals surface area contributed by atoms with Gasteiger partial charge in [-0.25, -0.2) is 12.8 Å². The molecular formula is C19H20FN7O4S. The zero-order chi connectivity index (χ0) is 22.9. The highest BCUT2D eigenvalue weighted by molar-refractivity contribution is 7.89. The number of nitro benzene ring substituents is 1. The van der Waals surface area contributed by atoms with Crippen LogP contribution in [-0.4, -0.2) is 68.9 Å². The van der Waals surface area contributed by atoms with E-state index >= 15 is 0 Å². The predicted octanol–water partition coefficient (Wildman–Crippen LogP) is 1.52. The first-order chi connectivity index (χ1) is 15.3. The van der Waals surface area contributed by atoms with Crippen LogP contribution in [0.1, 0.15) is 11.4 Å². The molecule has 2 aromatic carbocycles. The van der Waals surface area contributed by atoms with Crippen molar-refractivity contribution in [3.63, 3.8) is 0 Å². The molecule has 4 rings (SSSR count). The molecule has 1 aliphatic heterocycles. The van der Waals surface area contributed by atoms with Gasteiger partial charge in [-0.3, -0.25) is 15.0 Å². The number of nitro groups is 1. The van der Waals surface area contributed by atoms with Crippen molar-refractivity contribution in [3.05, 3.63) is 69.8 Å². The number of benzene rings is 2. The van der Waals surface area contributed by atoms with Gasteiger partial charge in [0, 0.05) is 38.3 Å². The summed E-state index contributed by atoms with van der Waals surface area (Å²) in [6.07, 6.45) is 0. The molecule has 0 atom stereocenters. The average molecular weight is 461 g/mol. The van der Waals surface area contributed by atoms with E-state index in [1.54, 1.807) is 19.1 Å². The van der Waals surface area contributed by atoms with E-state index in [1.807, 2.05) is 4.90 Å². The number of piperazine rings is 1. The third-order valence-electron chi connectivity index (χ3n) is 5.30. The summed E-state index contributed by atoms with van der Waals surface area (Å²) in [7, 11) is -3.87. The van der Waals surface area contributed by atoms with Gasteiger partial charge in [-0.2, -0.15) is 8.99 Å². The van der Waals surface area contributed by atoms with Crippen LogP contribution in [0.25, 0.3) is 5.69 Å². The molecule has 13 heteroatoms. The number of tetrazole rings is 1. The first kappa shape index (κ1) is 21.9. The molecule has 11 nitrogen and oxygen atoms in total. The van der Waals surface area contributed by atoms with Gasteiger partial charge in [0.15, 0.2) is 5.82 Å². The molecule has 0 N–H and O–H groups in total. The zero-order valence-electron chi connectivity index (χ0n) is 17.1. The van der Waals surface area contributed by atoms with E-state index in [9.17, 15) is 22.9 Å². The topological polar surface area (TPSA) is 127 Å². The largest absolute Gasteiger partial charge is 0.293 e. The minimum absolute atomic E-state index is 0.0552. The van der Waals surface area contributed by atoms with E-state index in [0.717, 1.165) is 6.07 Å². The highest BCUT2D eigenvalue weighted by Gasteiger charge is 2.31. The molecule has 168 valence electrons. The number of nitrogens with zero attached hydrogens (tertiary/aromatic N) is 7. The second-order valence-corrected chi connectivity index (χ2v) is 9.28. The fraction of sp³-hybridized carbons (Fsp3) is 0.316. The van der Waals surface area contributed by atoms with Crippen molar-refractivity contribution in [3.8, 4) is 5.69 Å². The maximum atomic E-state index is 13.2. The number of halogens is 1. The van der Waals surface area contributed by atoms with E-state index in [1.165, 1.54) is 33.3 Å². The Bertz CT molecular complexity index is 1240. The Morgan fingerprint density at radius 1 is 1.09 bits per heavy atom. The van der Waals surface area contributed by atoms with Gasteiger partial charge in [-0.1, -0.05) is 6.07 Å². The summed E-state index contributed by atoms with van der Waals surface area (Å²) >= 11 is 0. The highest BCUT2D eigenvalue weighted by Crippen LogP contribution is 2.25. The average Bonchev–Trinajstić information content (AvgIpc) is 3.22. The van der Waals surface area contributed by atoms with Crippen LogP contribution in [0.2, 0.25) is 0 Å². The maximum Gasteiger partial charge on any atom is 0.270 e. The Kier molecular flexibility index (Phi) is 5.95. The quantitative estimate of drug-likeness (QED) is 0.399. The summed E-state index contributed by atoms with van der Waals surface area (Å²) in [6.45, 7) is 3.31. The van der Waals surface area contributed by atoms with E-state index in [2.05, 4.69) is 15.5 Å². The molecule has 1 aliphatic rings. The van der Waals surface area contributed by atoms with Gasteiger partial charge in [0.1, 0.15) is 5.82 Å².